The lowest BCUT2D eigenvalue weighted by atomic mass is 9.84. The topological polar surface area (TPSA) is 91.0 Å². The quantitative estimate of drug-likeness (QED) is 0.914. The Labute approximate surface area is 141 Å². The summed E-state index contributed by atoms with van der Waals surface area (Å²) in [4.78, 5) is 23.2. The highest BCUT2D eigenvalue weighted by molar-refractivity contribution is 5.73. The summed E-state index contributed by atoms with van der Waals surface area (Å²) in [6.07, 6.45) is 1.10. The number of aromatic nitrogens is 3. The maximum Gasteiger partial charge on any atom is 0.410 e. The molecule has 1 amide bonds. The molecule has 25 heavy (non-hydrogen) atoms. The second-order valence-corrected chi connectivity index (χ2v) is 5.82. The van der Waals surface area contributed by atoms with Gasteiger partial charge in [0.05, 0.1) is 5.69 Å². The number of carbonyl (C=O) groups is 1. The van der Waals surface area contributed by atoms with Crippen LogP contribution in [0.15, 0.2) is 24.7 Å². The Morgan fingerprint density at radius 3 is 2.56 bits per heavy atom. The van der Waals surface area contributed by atoms with Crippen molar-refractivity contribution < 1.29 is 22.7 Å². The van der Waals surface area contributed by atoms with Gasteiger partial charge in [0.1, 0.15) is 17.7 Å². The lowest BCUT2D eigenvalue weighted by molar-refractivity contribution is -0.0386. The van der Waals surface area contributed by atoms with Gasteiger partial charge in [-0.3, -0.25) is 4.98 Å². The molecule has 1 aliphatic carbocycles. The minimum Gasteiger partial charge on any atom is -0.406 e. The first-order valence-corrected chi connectivity index (χ1v) is 7.68. The molecule has 2 heterocycles. The standard InChI is InChI=1S/C16H15F3N4O2/c17-10-2-1-7-21-12(10)13-14(25-15(20)24)11(22-8-23-13)9-3-5-16(18,19)6-4-9/h1-2,7-9H,3-6H2,(H2,20,24). The molecule has 0 unspecified atom stereocenters. The van der Waals surface area contributed by atoms with Gasteiger partial charge in [-0.25, -0.2) is 27.9 Å². The van der Waals surface area contributed by atoms with Gasteiger partial charge in [0.25, 0.3) is 0 Å². The van der Waals surface area contributed by atoms with Crippen LogP contribution in [0.2, 0.25) is 0 Å². The molecule has 0 radical (unpaired) electrons. The molecule has 132 valence electrons. The Morgan fingerprint density at radius 2 is 1.92 bits per heavy atom. The SMILES string of the molecule is NC(=O)Oc1c(-c2ncccc2F)ncnc1C1CCC(F)(F)CC1. The third-order valence-electron chi connectivity index (χ3n) is 4.12. The second kappa shape index (κ2) is 6.66. The Hall–Kier alpha value is -2.71. The minimum atomic E-state index is -2.72. The Balaban J connectivity index is 2.06. The summed E-state index contributed by atoms with van der Waals surface area (Å²) < 4.78 is 45.9. The van der Waals surface area contributed by atoms with Gasteiger partial charge in [0, 0.05) is 25.0 Å². The predicted molar refractivity (Wildman–Crippen MR) is 81.6 cm³/mol. The van der Waals surface area contributed by atoms with E-state index in [1.54, 1.807) is 0 Å². The lowest BCUT2D eigenvalue weighted by Crippen LogP contribution is -2.25. The molecule has 0 aromatic carbocycles. The van der Waals surface area contributed by atoms with Crippen molar-refractivity contribution in [2.24, 2.45) is 5.73 Å². The average molecular weight is 352 g/mol. The molecule has 1 aliphatic rings. The number of ether oxygens (including phenoxy) is 1. The molecule has 0 bridgehead atoms. The van der Waals surface area contributed by atoms with E-state index in [-0.39, 0.29) is 54.4 Å². The van der Waals surface area contributed by atoms with Crippen LogP contribution in [0.1, 0.15) is 37.3 Å². The van der Waals surface area contributed by atoms with Crippen LogP contribution in [0.5, 0.6) is 5.75 Å². The van der Waals surface area contributed by atoms with Crippen LogP contribution in [0.4, 0.5) is 18.0 Å². The van der Waals surface area contributed by atoms with Gasteiger partial charge >= 0.3 is 6.09 Å². The summed E-state index contributed by atoms with van der Waals surface area (Å²) in [5.74, 6) is -3.90. The molecule has 1 fully saturated rings. The zero-order chi connectivity index (χ0) is 18.0. The largest absolute Gasteiger partial charge is 0.410 e. The lowest BCUT2D eigenvalue weighted by Gasteiger charge is -2.28. The smallest absolute Gasteiger partial charge is 0.406 e. The van der Waals surface area contributed by atoms with Crippen LogP contribution in [-0.4, -0.2) is 27.0 Å². The van der Waals surface area contributed by atoms with Crippen LogP contribution >= 0.6 is 0 Å². The van der Waals surface area contributed by atoms with Crippen LogP contribution in [0.25, 0.3) is 11.4 Å². The number of amides is 1. The molecular formula is C16H15F3N4O2. The average Bonchev–Trinajstić information content (AvgIpc) is 2.56. The number of hydrogen-bond donors (Lipinski definition) is 1. The summed E-state index contributed by atoms with van der Waals surface area (Å²) in [7, 11) is 0. The highest BCUT2D eigenvalue weighted by Crippen LogP contribution is 2.44. The summed E-state index contributed by atoms with van der Waals surface area (Å²) in [6, 6.07) is 2.58. The fraction of sp³-hybridized carbons (Fsp3) is 0.375. The van der Waals surface area contributed by atoms with Crippen LogP contribution < -0.4 is 10.5 Å². The number of halogens is 3. The number of hydrogen-bond acceptors (Lipinski definition) is 5. The minimum absolute atomic E-state index is 0.0424. The molecule has 0 saturated heterocycles. The Bertz CT molecular complexity index is 791. The number of pyridine rings is 1. The fourth-order valence-corrected chi connectivity index (χ4v) is 2.92. The van der Waals surface area contributed by atoms with E-state index in [2.05, 4.69) is 15.0 Å². The van der Waals surface area contributed by atoms with Gasteiger partial charge in [-0.2, -0.15) is 0 Å². The number of alkyl halides is 2. The van der Waals surface area contributed by atoms with Crippen molar-refractivity contribution in [1.82, 2.24) is 15.0 Å². The highest BCUT2D eigenvalue weighted by Gasteiger charge is 2.37. The summed E-state index contributed by atoms with van der Waals surface area (Å²) in [5.41, 5.74) is 5.18. The van der Waals surface area contributed by atoms with E-state index >= 15 is 0 Å². The van der Waals surface area contributed by atoms with Crippen LogP contribution in [-0.2, 0) is 0 Å². The van der Waals surface area contributed by atoms with E-state index in [0.717, 1.165) is 0 Å². The van der Waals surface area contributed by atoms with Crippen molar-refractivity contribution in [2.45, 2.75) is 37.5 Å². The summed E-state index contributed by atoms with van der Waals surface area (Å²) in [5, 5.41) is 0. The van der Waals surface area contributed by atoms with Crippen LogP contribution in [0, 0.1) is 5.82 Å². The molecule has 1 saturated carbocycles. The van der Waals surface area contributed by atoms with E-state index in [4.69, 9.17) is 10.5 Å². The molecular weight excluding hydrogens is 337 g/mol. The predicted octanol–water partition coefficient (Wildman–Crippen LogP) is 3.43. The molecule has 2 aromatic rings. The molecule has 0 atom stereocenters. The third kappa shape index (κ3) is 3.70. The summed E-state index contributed by atoms with van der Waals surface area (Å²) >= 11 is 0. The molecule has 3 rings (SSSR count). The van der Waals surface area contributed by atoms with Crippen molar-refractivity contribution in [3.8, 4) is 17.1 Å². The Kier molecular flexibility index (Phi) is 4.56. The van der Waals surface area contributed by atoms with Gasteiger partial charge < -0.3 is 10.5 Å². The fourth-order valence-electron chi connectivity index (χ4n) is 2.92. The van der Waals surface area contributed by atoms with E-state index in [9.17, 15) is 18.0 Å². The van der Waals surface area contributed by atoms with Gasteiger partial charge in [0.2, 0.25) is 5.92 Å². The van der Waals surface area contributed by atoms with Gasteiger partial charge in [0.15, 0.2) is 11.6 Å². The maximum absolute atomic E-state index is 14.1. The molecule has 6 nitrogen and oxygen atoms in total. The number of carbonyl (C=O) groups excluding carboxylic acids is 1. The number of primary amides is 1. The molecule has 0 aliphatic heterocycles. The molecule has 2 aromatic heterocycles. The first kappa shape index (κ1) is 17.1. The van der Waals surface area contributed by atoms with E-state index < -0.39 is 17.8 Å². The third-order valence-corrected chi connectivity index (χ3v) is 4.12. The van der Waals surface area contributed by atoms with Crippen molar-refractivity contribution in [1.29, 1.82) is 0 Å². The molecule has 0 spiro atoms. The van der Waals surface area contributed by atoms with Gasteiger partial charge in [-0.1, -0.05) is 0 Å². The number of nitrogens with zero attached hydrogens (tertiary/aromatic N) is 3. The number of nitrogens with two attached hydrogens (primary N) is 1. The van der Waals surface area contributed by atoms with E-state index in [0.29, 0.717) is 0 Å². The van der Waals surface area contributed by atoms with Crippen LogP contribution in [0.3, 0.4) is 0 Å². The number of rotatable bonds is 3. The monoisotopic (exact) mass is 352 g/mol. The maximum atomic E-state index is 14.1. The highest BCUT2D eigenvalue weighted by atomic mass is 19.3. The van der Waals surface area contributed by atoms with E-state index in [1.165, 1.54) is 24.7 Å². The van der Waals surface area contributed by atoms with Gasteiger partial charge in [-0.15, -0.1) is 0 Å². The first-order valence-electron chi connectivity index (χ1n) is 7.68. The van der Waals surface area contributed by atoms with Crippen molar-refractivity contribution in [3.05, 3.63) is 36.2 Å². The second-order valence-electron chi connectivity index (χ2n) is 5.82. The summed E-state index contributed by atoms with van der Waals surface area (Å²) in [6.45, 7) is 0. The first-order chi connectivity index (χ1) is 11.9. The zero-order valence-corrected chi connectivity index (χ0v) is 13.1. The van der Waals surface area contributed by atoms with Crippen molar-refractivity contribution >= 4 is 6.09 Å². The van der Waals surface area contributed by atoms with E-state index in [1.807, 2.05) is 0 Å². The Morgan fingerprint density at radius 1 is 1.20 bits per heavy atom. The zero-order valence-electron chi connectivity index (χ0n) is 13.1. The van der Waals surface area contributed by atoms with Crippen molar-refractivity contribution in [3.63, 3.8) is 0 Å². The molecule has 9 heteroatoms. The molecule has 2 N–H and O–H groups in total. The van der Waals surface area contributed by atoms with Crippen molar-refractivity contribution in [2.75, 3.05) is 0 Å². The normalized spacial score (nSPS) is 17.2. The van der Waals surface area contributed by atoms with Gasteiger partial charge in [-0.05, 0) is 25.0 Å².